The van der Waals surface area contributed by atoms with Gasteiger partial charge in [0, 0.05) is 58.8 Å². The first-order chi connectivity index (χ1) is 22.9. The highest BCUT2D eigenvalue weighted by atomic mass is 35.5. The van der Waals surface area contributed by atoms with Crippen LogP contribution in [0.25, 0.3) is 42.3 Å². The fourth-order valence-corrected chi connectivity index (χ4v) is 10.5. The van der Waals surface area contributed by atoms with Crippen LogP contribution in [0.15, 0.2) is 24.4 Å². The molecule has 2 aromatic carbocycles. The van der Waals surface area contributed by atoms with Crippen molar-refractivity contribution in [3.8, 4) is 29.0 Å². The zero-order chi connectivity index (χ0) is 31.6. The topological polar surface area (TPSA) is 102 Å². The van der Waals surface area contributed by atoms with Gasteiger partial charge >= 0.3 is 6.01 Å². The number of H-pyrrole nitrogens is 1. The Kier molecular flexibility index (Phi) is 6.09. The van der Waals surface area contributed by atoms with Gasteiger partial charge in [0.25, 0.3) is 0 Å². The number of hydrogen-bond acceptors (Lipinski definition) is 9. The summed E-state index contributed by atoms with van der Waals surface area (Å²) >= 11 is 8.72. The van der Waals surface area contributed by atoms with Gasteiger partial charge in [0.05, 0.1) is 27.6 Å². The molecule has 4 saturated heterocycles. The summed E-state index contributed by atoms with van der Waals surface area (Å²) < 4.78 is 45.7. The number of ether oxygens (including phenoxy) is 2. The summed E-state index contributed by atoms with van der Waals surface area (Å²) in [4.78, 5) is 18.1. The highest BCUT2D eigenvalue weighted by Crippen LogP contribution is 2.52. The van der Waals surface area contributed by atoms with E-state index in [0.29, 0.717) is 54.2 Å². The van der Waals surface area contributed by atoms with Crippen LogP contribution in [0.1, 0.15) is 37.7 Å². The molecule has 4 fully saturated rings. The Bertz CT molecular complexity index is 2180. The van der Waals surface area contributed by atoms with E-state index in [4.69, 9.17) is 31.0 Å². The number of aromatic nitrogens is 3. The van der Waals surface area contributed by atoms with E-state index >= 15 is 4.39 Å². The lowest BCUT2D eigenvalue weighted by Crippen LogP contribution is -2.60. The monoisotopic (exact) mass is 673 g/mol. The molecule has 0 spiro atoms. The van der Waals surface area contributed by atoms with Crippen LogP contribution in [-0.2, 0) is 0 Å². The quantitative estimate of drug-likeness (QED) is 0.229. The predicted molar refractivity (Wildman–Crippen MR) is 177 cm³/mol. The minimum atomic E-state index is -0.895. The highest BCUT2D eigenvalue weighted by molar-refractivity contribution is 7.25. The summed E-state index contributed by atoms with van der Waals surface area (Å²) in [5, 5.41) is 15.7. The molecule has 240 valence electrons. The van der Waals surface area contributed by atoms with E-state index in [9.17, 15) is 9.65 Å². The summed E-state index contributed by atoms with van der Waals surface area (Å²) in [7, 11) is 0. The van der Waals surface area contributed by atoms with E-state index in [0.717, 1.165) is 52.5 Å². The number of thiophene rings is 1. The highest BCUT2D eigenvalue weighted by Gasteiger charge is 2.50. The van der Waals surface area contributed by atoms with Gasteiger partial charge in [-0.25, -0.2) is 8.78 Å². The van der Waals surface area contributed by atoms with Crippen LogP contribution in [0, 0.1) is 17.1 Å². The van der Waals surface area contributed by atoms with E-state index in [2.05, 4.69) is 26.2 Å². The molecular weight excluding hydrogens is 644 g/mol. The Hall–Kier alpha value is -3.76. The summed E-state index contributed by atoms with van der Waals surface area (Å²) in [6, 6.07) is 8.42. The second kappa shape index (κ2) is 10.1. The number of hydrogen-bond donors (Lipinski definition) is 2. The number of halogens is 3. The lowest BCUT2D eigenvalue weighted by molar-refractivity contribution is 0.107. The van der Waals surface area contributed by atoms with Crippen LogP contribution in [0.2, 0.25) is 5.02 Å². The van der Waals surface area contributed by atoms with Gasteiger partial charge in [0.15, 0.2) is 11.6 Å². The molecule has 47 heavy (non-hydrogen) atoms. The van der Waals surface area contributed by atoms with Gasteiger partial charge in [-0.2, -0.15) is 15.2 Å². The van der Waals surface area contributed by atoms with Crippen molar-refractivity contribution >= 4 is 60.0 Å². The van der Waals surface area contributed by atoms with Gasteiger partial charge < -0.3 is 24.7 Å². The maximum Gasteiger partial charge on any atom is 0.319 e. The number of anilines is 1. The molecule has 0 aliphatic carbocycles. The number of nitrogens with one attached hydrogen (secondary N) is 2. The fraction of sp³-hybridized carbons (Fsp3) is 0.441. The molecule has 0 radical (unpaired) electrons. The van der Waals surface area contributed by atoms with Crippen molar-refractivity contribution in [3.05, 3.63) is 40.8 Å². The van der Waals surface area contributed by atoms with Crippen LogP contribution >= 0.6 is 22.9 Å². The molecule has 2 bridgehead atoms. The van der Waals surface area contributed by atoms with Crippen LogP contribution in [-0.4, -0.2) is 82.5 Å². The Morgan fingerprint density at radius 2 is 2.13 bits per heavy atom. The van der Waals surface area contributed by atoms with Gasteiger partial charge in [-0.3, -0.25) is 4.90 Å². The lowest BCUT2D eigenvalue weighted by atomic mass is 9.95. The van der Waals surface area contributed by atoms with Gasteiger partial charge in [-0.15, -0.1) is 11.3 Å². The molecule has 10 rings (SSSR count). The Labute approximate surface area is 277 Å². The van der Waals surface area contributed by atoms with Gasteiger partial charge in [0.1, 0.15) is 41.6 Å². The van der Waals surface area contributed by atoms with E-state index in [1.165, 1.54) is 11.3 Å². The smallest absolute Gasteiger partial charge is 0.319 e. The number of fused-ring (bicyclic) bond motifs is 9. The molecule has 8 heterocycles. The molecule has 3 aromatic heterocycles. The predicted octanol–water partition coefficient (Wildman–Crippen LogP) is 6.31. The van der Waals surface area contributed by atoms with Crippen molar-refractivity contribution < 1.29 is 18.3 Å². The van der Waals surface area contributed by atoms with E-state index in [-0.39, 0.29) is 46.8 Å². The average Bonchev–Trinajstić information content (AvgIpc) is 3.86. The van der Waals surface area contributed by atoms with Crippen molar-refractivity contribution in [3.63, 3.8) is 0 Å². The first kappa shape index (κ1) is 28.3. The van der Waals surface area contributed by atoms with Crippen molar-refractivity contribution in [2.24, 2.45) is 0 Å². The van der Waals surface area contributed by atoms with E-state index in [1.807, 2.05) is 18.2 Å². The molecule has 5 atom stereocenters. The first-order valence-electron chi connectivity index (χ1n) is 16.3. The molecule has 5 aliphatic heterocycles. The Morgan fingerprint density at radius 1 is 1.21 bits per heavy atom. The summed E-state index contributed by atoms with van der Waals surface area (Å²) in [6.07, 6.45) is 5.06. The van der Waals surface area contributed by atoms with E-state index in [1.54, 1.807) is 6.20 Å². The van der Waals surface area contributed by atoms with Crippen molar-refractivity contribution in [1.29, 1.82) is 5.26 Å². The molecule has 0 unspecified atom stereocenters. The Morgan fingerprint density at radius 3 is 3.02 bits per heavy atom. The third-order valence-corrected chi connectivity index (χ3v) is 12.6. The molecule has 2 N–H and O–H groups in total. The number of benzene rings is 2. The zero-order valence-corrected chi connectivity index (χ0v) is 26.9. The number of nitriles is 1. The average molecular weight is 674 g/mol. The molecule has 0 amide bonds. The van der Waals surface area contributed by atoms with Crippen molar-refractivity contribution in [2.45, 2.75) is 61.9 Å². The van der Waals surface area contributed by atoms with Gasteiger partial charge in [0.2, 0.25) is 0 Å². The third-order valence-electron chi connectivity index (χ3n) is 11.1. The van der Waals surface area contributed by atoms with Gasteiger partial charge in [-0.1, -0.05) is 23.7 Å². The maximum absolute atomic E-state index is 17.3. The molecule has 5 aliphatic rings. The number of piperazine rings is 1. The van der Waals surface area contributed by atoms with Crippen molar-refractivity contribution in [2.75, 3.05) is 37.7 Å². The minimum absolute atomic E-state index is 0.0429. The molecule has 0 saturated carbocycles. The first-order valence-corrected chi connectivity index (χ1v) is 17.4. The number of aromatic amines is 1. The van der Waals surface area contributed by atoms with Crippen LogP contribution in [0.5, 0.6) is 11.8 Å². The summed E-state index contributed by atoms with van der Waals surface area (Å²) in [5.41, 5.74) is 0.860. The second-order valence-electron chi connectivity index (χ2n) is 13.6. The van der Waals surface area contributed by atoms with Crippen LogP contribution in [0.4, 0.5) is 14.6 Å². The van der Waals surface area contributed by atoms with Crippen molar-refractivity contribution in [1.82, 2.24) is 25.2 Å². The number of alkyl halides is 1. The summed E-state index contributed by atoms with van der Waals surface area (Å²) in [5.74, 6) is 0.297. The molecule has 9 nitrogen and oxygen atoms in total. The zero-order valence-electron chi connectivity index (χ0n) is 25.3. The molecule has 13 heteroatoms. The van der Waals surface area contributed by atoms with Crippen LogP contribution < -0.4 is 19.7 Å². The number of nitrogens with zero attached hydrogens (tertiary/aromatic N) is 5. The SMILES string of the molecule is N#Cc1c[nH]c2sc3cccc(-c4c(Cl)c5c6c(nc(OC[C@@]78CCCN7C[C@H](F)C8)nc6c4F)N4C[C@H]6CC[C@H](N6)[C@H]4CO5)c3c12. The second-order valence-corrected chi connectivity index (χ2v) is 15.1. The summed E-state index contributed by atoms with van der Waals surface area (Å²) in [6.45, 7) is 2.51. The van der Waals surface area contributed by atoms with Crippen LogP contribution in [0.3, 0.4) is 0 Å². The third kappa shape index (κ3) is 3.97. The normalized spacial score (nSPS) is 28.1. The lowest BCUT2D eigenvalue weighted by Gasteiger charge is -2.40. The Balaban J connectivity index is 1.19. The minimum Gasteiger partial charge on any atom is -0.489 e. The standard InChI is InChI=1S/C34H30ClF2N7O2S/c35-27-25(19-3-1-4-22-24(19)23-16(10-38)11-39-32(23)47-22)28(37)29-26-30(27)45-14-21-20-6-5-18(40-20)13-44(21)31(26)42-33(41-29)46-15-34-7-2-8-43(34)12-17(36)9-34/h1,3-4,11,17-18,20-21,39-40H,2,5-9,12-15H2/t17-,18-,20+,21-,34+/m1/s1. The van der Waals surface area contributed by atoms with Gasteiger partial charge in [-0.05, 0) is 43.9 Å². The number of rotatable bonds is 4. The largest absolute Gasteiger partial charge is 0.489 e. The van der Waals surface area contributed by atoms with E-state index < -0.39 is 17.5 Å². The molecular formula is C34H30ClF2N7O2S. The molecule has 5 aromatic rings. The maximum atomic E-state index is 17.3. The fourth-order valence-electron chi connectivity index (χ4n) is 9.05.